The van der Waals surface area contributed by atoms with Crippen LogP contribution in [0, 0.1) is 0 Å². The Morgan fingerprint density at radius 2 is 1.71 bits per heavy atom. The van der Waals surface area contributed by atoms with Gasteiger partial charge in [-0.25, -0.2) is 0 Å². The summed E-state index contributed by atoms with van der Waals surface area (Å²) in [5, 5.41) is 0.633. The van der Waals surface area contributed by atoms with Gasteiger partial charge in [-0.1, -0.05) is 41.9 Å². The van der Waals surface area contributed by atoms with E-state index in [1.807, 2.05) is 42.5 Å². The molecular formula is C19H20ClNO3. The molecule has 0 atom stereocenters. The molecule has 0 saturated carbocycles. The SMILES string of the molecule is CCOC(=O)CCN(C(=O)Cc1ccc(Cl)cc1)c1ccccc1. The number of amides is 1. The smallest absolute Gasteiger partial charge is 0.307 e. The number of carbonyl (C=O) groups excluding carboxylic acids is 2. The highest BCUT2D eigenvalue weighted by molar-refractivity contribution is 6.30. The van der Waals surface area contributed by atoms with E-state index in [0.29, 0.717) is 11.6 Å². The summed E-state index contributed by atoms with van der Waals surface area (Å²) in [5.41, 5.74) is 1.64. The molecule has 0 unspecified atom stereocenters. The molecule has 0 spiro atoms. The van der Waals surface area contributed by atoms with Crippen molar-refractivity contribution in [3.05, 3.63) is 65.2 Å². The first-order chi connectivity index (χ1) is 11.6. The number of benzene rings is 2. The number of para-hydroxylation sites is 1. The van der Waals surface area contributed by atoms with Crippen LogP contribution in [0.15, 0.2) is 54.6 Å². The summed E-state index contributed by atoms with van der Waals surface area (Å²) in [6.07, 6.45) is 0.407. The number of hydrogen-bond donors (Lipinski definition) is 0. The average Bonchev–Trinajstić information content (AvgIpc) is 2.58. The number of halogens is 1. The first kappa shape index (κ1) is 18.0. The Bertz CT molecular complexity index is 671. The summed E-state index contributed by atoms with van der Waals surface area (Å²) in [7, 11) is 0. The Morgan fingerprint density at radius 1 is 1.04 bits per heavy atom. The van der Waals surface area contributed by atoms with Crippen LogP contribution < -0.4 is 4.90 Å². The molecule has 0 fully saturated rings. The molecule has 2 aromatic rings. The maximum atomic E-state index is 12.7. The van der Waals surface area contributed by atoms with Gasteiger partial charge in [0.05, 0.1) is 19.4 Å². The van der Waals surface area contributed by atoms with Crippen LogP contribution in [0.5, 0.6) is 0 Å². The Balaban J connectivity index is 2.10. The summed E-state index contributed by atoms with van der Waals surface area (Å²) < 4.78 is 4.95. The van der Waals surface area contributed by atoms with Gasteiger partial charge in [-0.05, 0) is 36.8 Å². The fourth-order valence-electron chi connectivity index (χ4n) is 2.31. The molecule has 126 valence electrons. The molecule has 4 nitrogen and oxygen atoms in total. The molecule has 24 heavy (non-hydrogen) atoms. The highest BCUT2D eigenvalue weighted by Gasteiger charge is 2.17. The number of esters is 1. The van der Waals surface area contributed by atoms with E-state index in [1.54, 1.807) is 24.0 Å². The van der Waals surface area contributed by atoms with E-state index in [1.165, 1.54) is 0 Å². The van der Waals surface area contributed by atoms with Gasteiger partial charge < -0.3 is 9.64 Å². The Labute approximate surface area is 147 Å². The van der Waals surface area contributed by atoms with Crippen LogP contribution in [0.2, 0.25) is 5.02 Å². The minimum Gasteiger partial charge on any atom is -0.466 e. The minimum absolute atomic E-state index is 0.0761. The second-order valence-corrected chi connectivity index (χ2v) is 5.68. The molecule has 1 amide bonds. The van der Waals surface area contributed by atoms with Gasteiger partial charge in [0, 0.05) is 17.3 Å². The van der Waals surface area contributed by atoms with E-state index < -0.39 is 0 Å². The van der Waals surface area contributed by atoms with Crippen LogP contribution in [-0.4, -0.2) is 25.0 Å². The number of anilines is 1. The maximum Gasteiger partial charge on any atom is 0.307 e. The van der Waals surface area contributed by atoms with Crippen molar-refractivity contribution in [1.82, 2.24) is 0 Å². The van der Waals surface area contributed by atoms with Crippen LogP contribution in [0.25, 0.3) is 0 Å². The number of carbonyl (C=O) groups is 2. The minimum atomic E-state index is -0.308. The Hall–Kier alpha value is -2.33. The summed E-state index contributed by atoms with van der Waals surface area (Å²) in [5.74, 6) is -0.384. The first-order valence-corrected chi connectivity index (χ1v) is 8.23. The van der Waals surface area contributed by atoms with Crippen LogP contribution in [0.3, 0.4) is 0 Å². The number of hydrogen-bond acceptors (Lipinski definition) is 3. The zero-order valence-electron chi connectivity index (χ0n) is 13.6. The molecule has 5 heteroatoms. The van der Waals surface area contributed by atoms with Crippen LogP contribution in [-0.2, 0) is 20.7 Å². The van der Waals surface area contributed by atoms with Crippen molar-refractivity contribution in [3.63, 3.8) is 0 Å². The van der Waals surface area contributed by atoms with Crippen molar-refractivity contribution < 1.29 is 14.3 Å². The van der Waals surface area contributed by atoms with E-state index >= 15 is 0 Å². The van der Waals surface area contributed by atoms with Crippen LogP contribution in [0.4, 0.5) is 5.69 Å². The normalized spacial score (nSPS) is 10.2. The standard InChI is InChI=1S/C19H20ClNO3/c1-2-24-19(23)12-13-21(17-6-4-3-5-7-17)18(22)14-15-8-10-16(20)11-9-15/h3-11H,2,12-14H2,1H3. The lowest BCUT2D eigenvalue weighted by Crippen LogP contribution is -2.34. The Kier molecular flexibility index (Phi) is 6.82. The van der Waals surface area contributed by atoms with Crippen LogP contribution in [0.1, 0.15) is 18.9 Å². The summed E-state index contributed by atoms with van der Waals surface area (Å²) >= 11 is 5.87. The van der Waals surface area contributed by atoms with Crippen molar-refractivity contribution >= 4 is 29.2 Å². The van der Waals surface area contributed by atoms with E-state index in [4.69, 9.17) is 16.3 Å². The van der Waals surface area contributed by atoms with Gasteiger partial charge in [-0.3, -0.25) is 9.59 Å². The molecule has 0 aliphatic heterocycles. The molecule has 0 saturated heterocycles. The Morgan fingerprint density at radius 3 is 2.33 bits per heavy atom. The maximum absolute atomic E-state index is 12.7. The second kappa shape index (κ2) is 9.08. The lowest BCUT2D eigenvalue weighted by atomic mass is 10.1. The number of rotatable bonds is 7. The van der Waals surface area contributed by atoms with Gasteiger partial charge in [-0.2, -0.15) is 0 Å². The topological polar surface area (TPSA) is 46.6 Å². The molecular weight excluding hydrogens is 326 g/mol. The van der Waals surface area contributed by atoms with Crippen molar-refractivity contribution in [2.45, 2.75) is 19.8 Å². The monoisotopic (exact) mass is 345 g/mol. The lowest BCUT2D eigenvalue weighted by molar-refractivity contribution is -0.142. The number of ether oxygens (including phenoxy) is 1. The first-order valence-electron chi connectivity index (χ1n) is 7.85. The molecule has 0 aliphatic carbocycles. The van der Waals surface area contributed by atoms with Gasteiger partial charge >= 0.3 is 5.97 Å². The quantitative estimate of drug-likeness (QED) is 0.716. The van der Waals surface area contributed by atoms with Gasteiger partial charge in [-0.15, -0.1) is 0 Å². The molecule has 2 rings (SSSR count). The van der Waals surface area contributed by atoms with E-state index in [0.717, 1.165) is 11.3 Å². The lowest BCUT2D eigenvalue weighted by Gasteiger charge is -2.22. The molecule has 0 N–H and O–H groups in total. The molecule has 0 aliphatic rings. The number of nitrogens with zero attached hydrogens (tertiary/aromatic N) is 1. The van der Waals surface area contributed by atoms with Crippen LogP contribution >= 0.6 is 11.6 Å². The zero-order chi connectivity index (χ0) is 17.4. The summed E-state index contributed by atoms with van der Waals surface area (Å²) in [4.78, 5) is 25.9. The molecule has 0 bridgehead atoms. The molecule has 0 radical (unpaired) electrons. The van der Waals surface area contributed by atoms with Gasteiger partial charge in [0.1, 0.15) is 0 Å². The van der Waals surface area contributed by atoms with Gasteiger partial charge in [0.25, 0.3) is 0 Å². The van der Waals surface area contributed by atoms with Gasteiger partial charge in [0.2, 0.25) is 5.91 Å². The third kappa shape index (κ3) is 5.39. The summed E-state index contributed by atoms with van der Waals surface area (Å²) in [6, 6.07) is 16.5. The van der Waals surface area contributed by atoms with Crippen molar-refractivity contribution in [1.29, 1.82) is 0 Å². The predicted octanol–water partition coefficient (Wildman–Crippen LogP) is 3.87. The van der Waals surface area contributed by atoms with Crippen molar-refractivity contribution in [2.75, 3.05) is 18.1 Å². The van der Waals surface area contributed by atoms with Crippen molar-refractivity contribution in [2.24, 2.45) is 0 Å². The van der Waals surface area contributed by atoms with E-state index in [2.05, 4.69) is 0 Å². The average molecular weight is 346 g/mol. The van der Waals surface area contributed by atoms with Gasteiger partial charge in [0.15, 0.2) is 0 Å². The molecule has 2 aromatic carbocycles. The molecule has 0 heterocycles. The zero-order valence-corrected chi connectivity index (χ0v) is 14.3. The van der Waals surface area contributed by atoms with Crippen molar-refractivity contribution in [3.8, 4) is 0 Å². The predicted molar refractivity (Wildman–Crippen MR) is 95.2 cm³/mol. The largest absolute Gasteiger partial charge is 0.466 e. The summed E-state index contributed by atoms with van der Waals surface area (Å²) in [6.45, 7) is 2.39. The fourth-order valence-corrected chi connectivity index (χ4v) is 2.44. The highest BCUT2D eigenvalue weighted by Crippen LogP contribution is 2.17. The fraction of sp³-hybridized carbons (Fsp3) is 0.263. The van der Waals surface area contributed by atoms with E-state index in [9.17, 15) is 9.59 Å². The third-order valence-electron chi connectivity index (χ3n) is 3.48. The van der Waals surface area contributed by atoms with E-state index in [-0.39, 0.29) is 31.3 Å². The highest BCUT2D eigenvalue weighted by atomic mass is 35.5. The molecule has 0 aromatic heterocycles. The second-order valence-electron chi connectivity index (χ2n) is 5.24. The third-order valence-corrected chi connectivity index (χ3v) is 3.73.